The summed E-state index contributed by atoms with van der Waals surface area (Å²) in [5, 5.41) is 0. The molecule has 1 rings (SSSR count). The third-order valence-electron chi connectivity index (χ3n) is 2.34. The molecular weight excluding hydrogens is 93.7 g/mol. The molecule has 0 heterocycles. The molecule has 0 atom stereocenters. The van der Waals surface area contributed by atoms with E-state index in [9.17, 15) is 0 Å². The molecule has 44 valence electrons. The summed E-state index contributed by atoms with van der Waals surface area (Å²) in [5.74, 6) is 1.06. The third kappa shape index (κ3) is 1.30. The van der Waals surface area contributed by atoms with Gasteiger partial charge in [-0.2, -0.15) is 0 Å². The highest BCUT2D eigenvalue weighted by atomic mass is 14.2. The lowest BCUT2D eigenvalue weighted by atomic mass is 9.63. The maximum atomic E-state index is 2.34. The van der Waals surface area contributed by atoms with E-state index in [0.717, 1.165) is 11.6 Å². The minimum absolute atomic E-state index is 0.942. The van der Waals surface area contributed by atoms with Crippen LogP contribution < -0.4 is 0 Å². The molecule has 0 aliphatic heterocycles. The van der Waals surface area contributed by atoms with Gasteiger partial charge in [0.05, 0.1) is 15.7 Å². The molecular formula is C6H14B2. The molecule has 0 saturated heterocycles. The van der Waals surface area contributed by atoms with Crippen molar-refractivity contribution in [3.8, 4) is 0 Å². The van der Waals surface area contributed by atoms with Crippen molar-refractivity contribution in [2.24, 2.45) is 5.92 Å². The maximum Gasteiger partial charge on any atom is 0.0960 e. The quantitative estimate of drug-likeness (QED) is 0.420. The van der Waals surface area contributed by atoms with Crippen LogP contribution in [0.4, 0.5) is 0 Å². The molecule has 1 aliphatic carbocycles. The topological polar surface area (TPSA) is 0 Å². The summed E-state index contributed by atoms with van der Waals surface area (Å²) in [6.07, 6.45) is 5.97. The fourth-order valence-corrected chi connectivity index (χ4v) is 1.62. The Bertz CT molecular complexity index is 64.9. The zero-order valence-corrected chi connectivity index (χ0v) is 5.98. The van der Waals surface area contributed by atoms with Gasteiger partial charge in [-0.3, -0.25) is 0 Å². The van der Waals surface area contributed by atoms with E-state index in [1.807, 2.05) is 0 Å². The van der Waals surface area contributed by atoms with Crippen molar-refractivity contribution in [3.05, 3.63) is 0 Å². The highest BCUT2D eigenvalue weighted by Crippen LogP contribution is 2.30. The average molecular weight is 108 g/mol. The monoisotopic (exact) mass is 108 g/mol. The highest BCUT2D eigenvalue weighted by Gasteiger charge is 2.17. The van der Waals surface area contributed by atoms with Gasteiger partial charge in [0.2, 0.25) is 0 Å². The molecule has 0 aromatic rings. The van der Waals surface area contributed by atoms with Gasteiger partial charge in [-0.25, -0.2) is 0 Å². The van der Waals surface area contributed by atoms with Crippen LogP contribution in [0.2, 0.25) is 5.72 Å². The lowest BCUT2D eigenvalue weighted by molar-refractivity contribution is 0.585. The summed E-state index contributed by atoms with van der Waals surface area (Å²) in [6, 6.07) is 0. The van der Waals surface area contributed by atoms with Gasteiger partial charge in [-0.1, -0.05) is 37.3 Å². The minimum atomic E-state index is 0.942. The second-order valence-electron chi connectivity index (χ2n) is 3.29. The molecule has 0 aromatic carbocycles. The summed E-state index contributed by atoms with van der Waals surface area (Å²) >= 11 is 0. The summed E-state index contributed by atoms with van der Waals surface area (Å²) in [4.78, 5) is 0. The van der Waals surface area contributed by atoms with E-state index in [-0.39, 0.29) is 0 Å². The van der Waals surface area contributed by atoms with Gasteiger partial charge >= 0.3 is 0 Å². The Hall–Kier alpha value is 0.130. The molecule has 0 bridgehead atoms. The first-order chi connectivity index (χ1) is 3.80. The smallest absolute Gasteiger partial charge is 0.0932 e. The molecule has 0 amide bonds. The molecule has 0 unspecified atom stereocenters. The van der Waals surface area contributed by atoms with Crippen molar-refractivity contribution in [1.82, 2.24) is 0 Å². The Morgan fingerprint density at radius 2 is 1.62 bits per heavy atom. The molecule has 2 heteroatoms. The first-order valence-corrected chi connectivity index (χ1v) is 3.80. The molecule has 1 saturated carbocycles. The van der Waals surface area contributed by atoms with Crippen molar-refractivity contribution in [3.63, 3.8) is 0 Å². The second-order valence-corrected chi connectivity index (χ2v) is 3.29. The third-order valence-corrected chi connectivity index (χ3v) is 2.34. The van der Waals surface area contributed by atoms with Gasteiger partial charge < -0.3 is 0 Å². The van der Waals surface area contributed by atoms with Crippen molar-refractivity contribution < 1.29 is 0 Å². The zero-order chi connectivity index (χ0) is 5.98. The Morgan fingerprint density at radius 1 is 1.12 bits per heavy atom. The number of rotatable bonds is 1. The van der Waals surface area contributed by atoms with Crippen LogP contribution in [0.5, 0.6) is 0 Å². The predicted molar refractivity (Wildman–Crippen MR) is 42.8 cm³/mol. The van der Waals surface area contributed by atoms with Crippen LogP contribution in [0.15, 0.2) is 0 Å². The van der Waals surface area contributed by atoms with Crippen molar-refractivity contribution in [2.45, 2.75) is 31.4 Å². The number of hydrogen-bond acceptors (Lipinski definition) is 0. The van der Waals surface area contributed by atoms with Crippen LogP contribution in [0, 0.1) is 5.92 Å². The SMILES string of the molecule is BC(B)C1CCCC1. The van der Waals surface area contributed by atoms with E-state index >= 15 is 0 Å². The van der Waals surface area contributed by atoms with E-state index in [0.29, 0.717) is 0 Å². The van der Waals surface area contributed by atoms with Crippen LogP contribution in [-0.2, 0) is 0 Å². The van der Waals surface area contributed by atoms with E-state index in [2.05, 4.69) is 15.7 Å². The van der Waals surface area contributed by atoms with Crippen molar-refractivity contribution >= 4 is 15.7 Å². The fraction of sp³-hybridized carbons (Fsp3) is 1.00. The van der Waals surface area contributed by atoms with Crippen LogP contribution in [0.3, 0.4) is 0 Å². The van der Waals surface area contributed by atoms with Crippen LogP contribution >= 0.6 is 0 Å². The standard InChI is InChI=1S/C6H14B2/c7-6(8)5-3-1-2-4-5/h5-6H,1-4,7-8H2. The molecule has 1 fully saturated rings. The molecule has 0 aromatic heterocycles. The van der Waals surface area contributed by atoms with E-state index in [1.165, 1.54) is 25.7 Å². The first-order valence-electron chi connectivity index (χ1n) is 3.80. The Labute approximate surface area is 53.9 Å². The Kier molecular flexibility index (Phi) is 2.04. The van der Waals surface area contributed by atoms with Crippen molar-refractivity contribution in [1.29, 1.82) is 0 Å². The van der Waals surface area contributed by atoms with Crippen molar-refractivity contribution in [2.75, 3.05) is 0 Å². The predicted octanol–water partition coefficient (Wildman–Crippen LogP) is 0.189. The van der Waals surface area contributed by atoms with Crippen LogP contribution in [-0.4, -0.2) is 15.7 Å². The Morgan fingerprint density at radius 3 is 1.88 bits per heavy atom. The molecule has 0 spiro atoms. The summed E-state index contributed by atoms with van der Waals surface area (Å²) in [5.41, 5.74) is 0.942. The van der Waals surface area contributed by atoms with Gasteiger partial charge in [0, 0.05) is 0 Å². The second kappa shape index (κ2) is 2.61. The van der Waals surface area contributed by atoms with Crippen LogP contribution in [0.25, 0.3) is 0 Å². The summed E-state index contributed by atoms with van der Waals surface area (Å²) in [7, 11) is 4.69. The first kappa shape index (κ1) is 6.25. The summed E-state index contributed by atoms with van der Waals surface area (Å²) in [6.45, 7) is 0. The van der Waals surface area contributed by atoms with Gasteiger partial charge in [0.15, 0.2) is 0 Å². The highest BCUT2D eigenvalue weighted by molar-refractivity contribution is 6.35. The zero-order valence-electron chi connectivity index (χ0n) is 5.98. The largest absolute Gasteiger partial charge is 0.0960 e. The lowest BCUT2D eigenvalue weighted by Crippen LogP contribution is -2.03. The van der Waals surface area contributed by atoms with E-state index in [4.69, 9.17) is 0 Å². The maximum absolute atomic E-state index is 2.34. The molecule has 0 N–H and O–H groups in total. The molecule has 0 nitrogen and oxygen atoms in total. The Balaban J connectivity index is 2.24. The van der Waals surface area contributed by atoms with Gasteiger partial charge in [0.25, 0.3) is 0 Å². The lowest BCUT2D eigenvalue weighted by Gasteiger charge is -2.11. The number of hydrogen-bond donors (Lipinski definition) is 0. The van der Waals surface area contributed by atoms with E-state index in [1.54, 1.807) is 0 Å². The van der Waals surface area contributed by atoms with E-state index < -0.39 is 0 Å². The summed E-state index contributed by atoms with van der Waals surface area (Å²) < 4.78 is 0. The van der Waals surface area contributed by atoms with Gasteiger partial charge in [0.1, 0.15) is 0 Å². The molecule has 8 heavy (non-hydrogen) atoms. The fourth-order valence-electron chi connectivity index (χ4n) is 1.62. The average Bonchev–Trinajstić information content (AvgIpc) is 2.12. The molecule has 1 aliphatic rings. The van der Waals surface area contributed by atoms with Gasteiger partial charge in [-0.15, -0.1) is 0 Å². The van der Waals surface area contributed by atoms with Crippen LogP contribution in [0.1, 0.15) is 25.7 Å². The minimum Gasteiger partial charge on any atom is -0.0932 e. The van der Waals surface area contributed by atoms with Gasteiger partial charge in [-0.05, 0) is 0 Å². The molecule has 0 radical (unpaired) electrons. The normalized spacial score (nSPS) is 22.6.